The van der Waals surface area contributed by atoms with E-state index in [1.165, 1.54) is 6.07 Å². The highest BCUT2D eigenvalue weighted by molar-refractivity contribution is 5.95. The minimum atomic E-state index is -0.927. The molecule has 4 nitrogen and oxygen atoms in total. The van der Waals surface area contributed by atoms with E-state index in [-0.39, 0.29) is 5.91 Å². The van der Waals surface area contributed by atoms with Crippen LogP contribution in [0.5, 0.6) is 0 Å². The molecule has 6 heteroatoms. The lowest BCUT2D eigenvalue weighted by molar-refractivity contribution is -0.116. The zero-order valence-electron chi connectivity index (χ0n) is 11.0. The number of amides is 1. The first-order valence-electron chi connectivity index (χ1n) is 6.47. The summed E-state index contributed by atoms with van der Waals surface area (Å²) in [5.74, 6) is -1.87. The molecule has 0 atom stereocenters. The first-order valence-corrected chi connectivity index (χ1v) is 6.47. The molecule has 4 N–H and O–H groups in total. The van der Waals surface area contributed by atoms with Crippen LogP contribution >= 0.6 is 0 Å². The van der Waals surface area contributed by atoms with Crippen molar-refractivity contribution in [1.82, 2.24) is 0 Å². The fourth-order valence-electron chi connectivity index (χ4n) is 2.28. The van der Waals surface area contributed by atoms with Crippen LogP contribution in [0.4, 0.5) is 31.5 Å². The minimum absolute atomic E-state index is 0.0387. The van der Waals surface area contributed by atoms with Gasteiger partial charge >= 0.3 is 0 Å². The normalized spacial score (nSPS) is 13.5. The van der Waals surface area contributed by atoms with Gasteiger partial charge in [0, 0.05) is 23.9 Å². The fraction of sp³-hybridized carbons (Fsp3) is 0.133. The molecule has 0 spiro atoms. The van der Waals surface area contributed by atoms with Gasteiger partial charge in [-0.1, -0.05) is 0 Å². The lowest BCUT2D eigenvalue weighted by Crippen LogP contribution is -2.19. The molecule has 21 heavy (non-hydrogen) atoms. The van der Waals surface area contributed by atoms with Gasteiger partial charge in [0.05, 0.1) is 11.4 Å². The van der Waals surface area contributed by atoms with Gasteiger partial charge in [-0.15, -0.1) is 0 Å². The Kier molecular flexibility index (Phi) is 3.21. The zero-order chi connectivity index (χ0) is 15.0. The maximum Gasteiger partial charge on any atom is 0.224 e. The number of halogens is 2. The molecule has 1 aliphatic heterocycles. The summed E-state index contributed by atoms with van der Waals surface area (Å²) in [6.45, 7) is 0. The zero-order valence-corrected chi connectivity index (χ0v) is 11.0. The van der Waals surface area contributed by atoms with Crippen LogP contribution in [0, 0.1) is 11.6 Å². The van der Waals surface area contributed by atoms with Gasteiger partial charge in [-0.25, -0.2) is 8.78 Å². The molecule has 1 aliphatic rings. The van der Waals surface area contributed by atoms with Crippen LogP contribution < -0.4 is 16.4 Å². The number of nitrogens with one attached hydrogen (secondary N) is 2. The summed E-state index contributed by atoms with van der Waals surface area (Å²) in [5, 5.41) is 5.71. The van der Waals surface area contributed by atoms with Crippen molar-refractivity contribution < 1.29 is 13.6 Å². The second-order valence-corrected chi connectivity index (χ2v) is 4.90. The van der Waals surface area contributed by atoms with Crippen molar-refractivity contribution in [2.24, 2.45) is 0 Å². The molecule has 2 aromatic carbocycles. The summed E-state index contributed by atoms with van der Waals surface area (Å²) in [5.41, 5.74) is 8.98. The van der Waals surface area contributed by atoms with Gasteiger partial charge in [-0.05, 0) is 36.2 Å². The van der Waals surface area contributed by atoms with Crippen LogP contribution in [0.1, 0.15) is 12.0 Å². The molecule has 0 unspecified atom stereocenters. The molecule has 0 aromatic heterocycles. The molecule has 0 radical (unpaired) electrons. The van der Waals surface area contributed by atoms with Crippen LogP contribution in [-0.4, -0.2) is 5.91 Å². The van der Waals surface area contributed by atoms with E-state index in [1.807, 2.05) is 6.07 Å². The number of carbonyl (C=O) groups excluding carboxylic acids is 1. The third kappa shape index (κ3) is 2.65. The Morgan fingerprint density at radius 3 is 2.67 bits per heavy atom. The molecule has 1 amide bonds. The Labute approximate surface area is 120 Å². The van der Waals surface area contributed by atoms with Crippen LogP contribution in [0.15, 0.2) is 30.3 Å². The second kappa shape index (κ2) is 5.05. The van der Waals surface area contributed by atoms with Gasteiger partial charge < -0.3 is 16.4 Å². The quantitative estimate of drug-likeness (QED) is 0.744. The monoisotopic (exact) mass is 289 g/mol. The van der Waals surface area contributed by atoms with E-state index in [1.54, 1.807) is 6.07 Å². The Morgan fingerprint density at radius 2 is 1.90 bits per heavy atom. The number of nitrogens with two attached hydrogens (primary N) is 1. The number of benzene rings is 2. The predicted octanol–water partition coefficient (Wildman–Crippen LogP) is 3.18. The minimum Gasteiger partial charge on any atom is -0.397 e. The Balaban J connectivity index is 1.92. The Morgan fingerprint density at radius 1 is 1.10 bits per heavy atom. The first-order chi connectivity index (χ1) is 10.0. The number of nitrogen functional groups attached to an aromatic ring is 1. The molecule has 3 rings (SSSR count). The molecular weight excluding hydrogens is 276 g/mol. The second-order valence-electron chi connectivity index (χ2n) is 4.90. The van der Waals surface area contributed by atoms with E-state index in [9.17, 15) is 13.6 Å². The molecule has 0 fully saturated rings. The summed E-state index contributed by atoms with van der Waals surface area (Å²) >= 11 is 0. The van der Waals surface area contributed by atoms with Gasteiger partial charge in [-0.2, -0.15) is 0 Å². The smallest absolute Gasteiger partial charge is 0.224 e. The van der Waals surface area contributed by atoms with Gasteiger partial charge in [-0.3, -0.25) is 4.79 Å². The van der Waals surface area contributed by atoms with Crippen molar-refractivity contribution in [3.05, 3.63) is 47.5 Å². The Hall–Kier alpha value is -2.63. The van der Waals surface area contributed by atoms with E-state index < -0.39 is 11.6 Å². The van der Waals surface area contributed by atoms with Crippen LogP contribution in [-0.2, 0) is 11.2 Å². The number of carbonyl (C=O) groups is 1. The topological polar surface area (TPSA) is 67.1 Å². The standard InChI is InChI=1S/C15H13F2N3O/c16-10-3-2-9(6-11(10)17)19-14-5-8-1-4-15(21)20-13(8)7-12(14)18/h2-3,5-7,19H,1,4,18H2,(H,20,21). The lowest BCUT2D eigenvalue weighted by Gasteiger charge is -2.19. The summed E-state index contributed by atoms with van der Waals surface area (Å²) in [6.07, 6.45) is 1.04. The average molecular weight is 289 g/mol. The Bertz CT molecular complexity index is 731. The van der Waals surface area contributed by atoms with E-state index >= 15 is 0 Å². The lowest BCUT2D eigenvalue weighted by atomic mass is 10.0. The van der Waals surface area contributed by atoms with Crippen molar-refractivity contribution in [2.45, 2.75) is 12.8 Å². The summed E-state index contributed by atoms with van der Waals surface area (Å²) in [4.78, 5) is 11.3. The molecule has 0 bridgehead atoms. The summed E-state index contributed by atoms with van der Waals surface area (Å²) < 4.78 is 26.1. The van der Waals surface area contributed by atoms with Gasteiger partial charge in [0.1, 0.15) is 0 Å². The van der Waals surface area contributed by atoms with Crippen LogP contribution in [0.3, 0.4) is 0 Å². The van der Waals surface area contributed by atoms with E-state index in [4.69, 9.17) is 5.73 Å². The molecule has 1 heterocycles. The molecule has 108 valence electrons. The van der Waals surface area contributed by atoms with Crippen molar-refractivity contribution in [3.63, 3.8) is 0 Å². The van der Waals surface area contributed by atoms with Gasteiger partial charge in [0.15, 0.2) is 11.6 Å². The molecular formula is C15H13F2N3O. The molecule has 2 aromatic rings. The maximum atomic E-state index is 13.2. The van der Waals surface area contributed by atoms with Crippen LogP contribution in [0.25, 0.3) is 0 Å². The highest BCUT2D eigenvalue weighted by Gasteiger charge is 2.16. The highest BCUT2D eigenvalue weighted by Crippen LogP contribution is 2.32. The number of fused-ring (bicyclic) bond motifs is 1. The third-order valence-electron chi connectivity index (χ3n) is 3.37. The SMILES string of the molecule is Nc1cc2c(cc1Nc1ccc(F)c(F)c1)CCC(=O)N2. The van der Waals surface area contributed by atoms with Gasteiger partial charge in [0.2, 0.25) is 5.91 Å². The van der Waals surface area contributed by atoms with Crippen molar-refractivity contribution in [2.75, 3.05) is 16.4 Å². The molecule has 0 saturated heterocycles. The van der Waals surface area contributed by atoms with Crippen molar-refractivity contribution in [3.8, 4) is 0 Å². The van der Waals surface area contributed by atoms with Crippen molar-refractivity contribution >= 4 is 28.7 Å². The number of anilines is 4. The number of hydrogen-bond acceptors (Lipinski definition) is 3. The molecule has 0 aliphatic carbocycles. The number of aryl methyl sites for hydroxylation is 1. The maximum absolute atomic E-state index is 13.2. The van der Waals surface area contributed by atoms with Crippen LogP contribution in [0.2, 0.25) is 0 Å². The highest BCUT2D eigenvalue weighted by atomic mass is 19.2. The van der Waals surface area contributed by atoms with Crippen molar-refractivity contribution in [1.29, 1.82) is 0 Å². The largest absolute Gasteiger partial charge is 0.397 e. The van der Waals surface area contributed by atoms with E-state index in [0.29, 0.717) is 35.6 Å². The van der Waals surface area contributed by atoms with Gasteiger partial charge in [0.25, 0.3) is 0 Å². The fourth-order valence-corrected chi connectivity index (χ4v) is 2.28. The predicted molar refractivity (Wildman–Crippen MR) is 77.4 cm³/mol. The summed E-state index contributed by atoms with van der Waals surface area (Å²) in [6, 6.07) is 7.02. The van der Waals surface area contributed by atoms with E-state index in [0.717, 1.165) is 17.7 Å². The molecule has 0 saturated carbocycles. The first kappa shape index (κ1) is 13.4. The number of hydrogen-bond donors (Lipinski definition) is 3. The third-order valence-corrected chi connectivity index (χ3v) is 3.37. The average Bonchev–Trinajstić information content (AvgIpc) is 2.44. The summed E-state index contributed by atoms with van der Waals surface area (Å²) in [7, 11) is 0. The number of rotatable bonds is 2. The van der Waals surface area contributed by atoms with E-state index in [2.05, 4.69) is 10.6 Å².